The molecule has 2 rings (SSSR count). The number of nitrogens with one attached hydrogen (secondary N) is 1. The van der Waals surface area contributed by atoms with Gasteiger partial charge < -0.3 is 9.73 Å². The molecule has 1 atom stereocenters. The second-order valence-electron chi connectivity index (χ2n) is 5.86. The molecule has 102 valence electrons. The summed E-state index contributed by atoms with van der Waals surface area (Å²) in [5.74, 6) is -0.203. The van der Waals surface area contributed by atoms with Gasteiger partial charge in [0, 0.05) is 18.2 Å². The maximum absolute atomic E-state index is 13.0. The van der Waals surface area contributed by atoms with Crippen molar-refractivity contribution in [2.75, 3.05) is 0 Å². The highest BCUT2D eigenvalue weighted by atomic mass is 19.1. The van der Waals surface area contributed by atoms with Gasteiger partial charge in [-0.25, -0.2) is 4.39 Å². The Kier molecular flexibility index (Phi) is 4.05. The van der Waals surface area contributed by atoms with Crippen LogP contribution < -0.4 is 5.32 Å². The third-order valence-electron chi connectivity index (χ3n) is 3.16. The van der Waals surface area contributed by atoms with Gasteiger partial charge in [0.05, 0.1) is 12.5 Å². The van der Waals surface area contributed by atoms with Crippen LogP contribution >= 0.6 is 0 Å². The first-order valence-electron chi connectivity index (χ1n) is 6.47. The summed E-state index contributed by atoms with van der Waals surface area (Å²) in [5, 5.41) is 3.52. The summed E-state index contributed by atoms with van der Waals surface area (Å²) >= 11 is 0. The normalized spacial score (nSPS) is 13.5. The number of furan rings is 1. The summed E-state index contributed by atoms with van der Waals surface area (Å²) < 4.78 is 18.1. The molecule has 0 amide bonds. The molecule has 1 unspecified atom stereocenters. The highest BCUT2D eigenvalue weighted by molar-refractivity contribution is 5.22. The quantitative estimate of drug-likeness (QED) is 0.887. The van der Waals surface area contributed by atoms with Crippen LogP contribution in [0, 0.1) is 11.2 Å². The first-order valence-corrected chi connectivity index (χ1v) is 6.47. The van der Waals surface area contributed by atoms with E-state index in [0.29, 0.717) is 0 Å². The molecule has 0 saturated heterocycles. The van der Waals surface area contributed by atoms with Crippen LogP contribution in [0.5, 0.6) is 0 Å². The van der Waals surface area contributed by atoms with Crippen LogP contribution in [0.3, 0.4) is 0 Å². The van der Waals surface area contributed by atoms with E-state index in [1.165, 1.54) is 12.1 Å². The smallest absolute Gasteiger partial charge is 0.123 e. The van der Waals surface area contributed by atoms with E-state index in [9.17, 15) is 4.39 Å². The lowest BCUT2D eigenvalue weighted by Crippen LogP contribution is -2.31. The van der Waals surface area contributed by atoms with Crippen molar-refractivity contribution >= 4 is 0 Å². The zero-order chi connectivity index (χ0) is 13.9. The molecule has 1 heterocycles. The molecule has 1 N–H and O–H groups in total. The van der Waals surface area contributed by atoms with E-state index in [4.69, 9.17) is 4.42 Å². The molecule has 0 spiro atoms. The summed E-state index contributed by atoms with van der Waals surface area (Å²) in [6.07, 6.45) is 3.40. The van der Waals surface area contributed by atoms with Gasteiger partial charge in [0.2, 0.25) is 0 Å². The third kappa shape index (κ3) is 3.67. The molecule has 0 saturated carbocycles. The van der Waals surface area contributed by atoms with Crippen molar-refractivity contribution < 1.29 is 8.81 Å². The molecular weight excluding hydrogens is 241 g/mol. The molecule has 0 aliphatic rings. The lowest BCUT2D eigenvalue weighted by Gasteiger charge is -2.32. The van der Waals surface area contributed by atoms with Crippen LogP contribution in [0.25, 0.3) is 0 Å². The molecule has 0 bridgehead atoms. The number of hydrogen-bond acceptors (Lipinski definition) is 2. The van der Waals surface area contributed by atoms with E-state index in [-0.39, 0.29) is 17.3 Å². The average Bonchev–Trinajstić information content (AvgIpc) is 2.83. The van der Waals surface area contributed by atoms with Crippen molar-refractivity contribution in [2.45, 2.75) is 33.4 Å². The van der Waals surface area contributed by atoms with Crippen LogP contribution in [-0.2, 0) is 6.54 Å². The van der Waals surface area contributed by atoms with Gasteiger partial charge in [0.25, 0.3) is 0 Å². The van der Waals surface area contributed by atoms with Gasteiger partial charge in [-0.05, 0) is 29.2 Å². The number of hydrogen-bond donors (Lipinski definition) is 1. The maximum atomic E-state index is 13.0. The number of halogens is 1. The predicted molar refractivity (Wildman–Crippen MR) is 74.1 cm³/mol. The minimum absolute atomic E-state index is 0.0432. The Hall–Kier alpha value is -1.61. The first kappa shape index (κ1) is 13.8. The number of benzene rings is 1. The van der Waals surface area contributed by atoms with Crippen molar-refractivity contribution in [1.29, 1.82) is 0 Å². The summed E-state index contributed by atoms with van der Waals surface area (Å²) in [6.45, 7) is 7.24. The van der Waals surface area contributed by atoms with Crippen LogP contribution in [0.15, 0.2) is 47.3 Å². The molecule has 1 aromatic carbocycles. The maximum Gasteiger partial charge on any atom is 0.123 e. The van der Waals surface area contributed by atoms with Crippen molar-refractivity contribution in [1.82, 2.24) is 5.32 Å². The Morgan fingerprint density at radius 1 is 1.16 bits per heavy atom. The zero-order valence-electron chi connectivity index (χ0n) is 11.6. The second kappa shape index (κ2) is 5.57. The third-order valence-corrected chi connectivity index (χ3v) is 3.16. The fourth-order valence-corrected chi connectivity index (χ4v) is 2.19. The van der Waals surface area contributed by atoms with Gasteiger partial charge in [-0.15, -0.1) is 0 Å². The van der Waals surface area contributed by atoms with E-state index in [1.807, 2.05) is 18.2 Å². The molecule has 0 aliphatic heterocycles. The second-order valence-corrected chi connectivity index (χ2v) is 5.86. The van der Waals surface area contributed by atoms with E-state index in [0.717, 1.165) is 17.7 Å². The standard InChI is InChI=1S/C16H20FNO/c1-16(2,3)15(13-4-6-14(17)7-5-13)18-10-12-8-9-19-11-12/h4-9,11,15,18H,10H2,1-3H3. The first-order chi connectivity index (χ1) is 8.97. The molecule has 1 aromatic heterocycles. The molecule has 2 aromatic rings. The van der Waals surface area contributed by atoms with Crippen molar-refractivity contribution in [2.24, 2.45) is 5.41 Å². The highest BCUT2D eigenvalue weighted by Gasteiger charge is 2.25. The van der Waals surface area contributed by atoms with Gasteiger partial charge in [0.15, 0.2) is 0 Å². The summed E-state index contributed by atoms with van der Waals surface area (Å²) in [4.78, 5) is 0. The lowest BCUT2D eigenvalue weighted by atomic mass is 9.82. The van der Waals surface area contributed by atoms with E-state index >= 15 is 0 Å². The van der Waals surface area contributed by atoms with Gasteiger partial charge in [-0.3, -0.25) is 0 Å². The Morgan fingerprint density at radius 2 is 1.84 bits per heavy atom. The number of rotatable bonds is 4. The SMILES string of the molecule is CC(C)(C)C(NCc1ccoc1)c1ccc(F)cc1. The molecule has 2 nitrogen and oxygen atoms in total. The van der Waals surface area contributed by atoms with Gasteiger partial charge in [-0.2, -0.15) is 0 Å². The van der Waals surface area contributed by atoms with E-state index < -0.39 is 0 Å². The minimum atomic E-state index is -0.203. The summed E-state index contributed by atoms with van der Waals surface area (Å²) in [5.41, 5.74) is 2.25. The van der Waals surface area contributed by atoms with E-state index in [2.05, 4.69) is 26.1 Å². The Balaban J connectivity index is 2.14. The van der Waals surface area contributed by atoms with Gasteiger partial charge in [-0.1, -0.05) is 32.9 Å². The lowest BCUT2D eigenvalue weighted by molar-refractivity contribution is 0.270. The predicted octanol–water partition coefficient (Wildman–Crippen LogP) is 4.30. The largest absolute Gasteiger partial charge is 0.472 e. The molecule has 0 aliphatic carbocycles. The monoisotopic (exact) mass is 261 g/mol. The molecule has 19 heavy (non-hydrogen) atoms. The van der Waals surface area contributed by atoms with Crippen molar-refractivity contribution in [3.05, 3.63) is 59.8 Å². The fraction of sp³-hybridized carbons (Fsp3) is 0.375. The summed E-state index contributed by atoms with van der Waals surface area (Å²) in [6, 6.07) is 8.79. The Labute approximate surface area is 113 Å². The summed E-state index contributed by atoms with van der Waals surface area (Å²) in [7, 11) is 0. The zero-order valence-corrected chi connectivity index (χ0v) is 11.6. The molecule has 0 radical (unpaired) electrons. The highest BCUT2D eigenvalue weighted by Crippen LogP contribution is 2.33. The minimum Gasteiger partial charge on any atom is -0.472 e. The van der Waals surface area contributed by atoms with E-state index in [1.54, 1.807) is 12.5 Å². The van der Waals surface area contributed by atoms with Crippen LogP contribution in [0.4, 0.5) is 4.39 Å². The van der Waals surface area contributed by atoms with Crippen molar-refractivity contribution in [3.63, 3.8) is 0 Å². The van der Waals surface area contributed by atoms with Crippen LogP contribution in [-0.4, -0.2) is 0 Å². The Bertz CT molecular complexity index is 497. The topological polar surface area (TPSA) is 25.2 Å². The fourth-order valence-electron chi connectivity index (χ4n) is 2.19. The van der Waals surface area contributed by atoms with Crippen molar-refractivity contribution in [3.8, 4) is 0 Å². The molecular formula is C16H20FNO. The molecule has 3 heteroatoms. The Morgan fingerprint density at radius 3 is 2.37 bits per heavy atom. The van der Waals surface area contributed by atoms with Gasteiger partial charge in [0.1, 0.15) is 5.82 Å². The van der Waals surface area contributed by atoms with Crippen LogP contribution in [0.2, 0.25) is 0 Å². The average molecular weight is 261 g/mol. The van der Waals surface area contributed by atoms with Crippen LogP contribution in [0.1, 0.15) is 37.9 Å². The van der Waals surface area contributed by atoms with Gasteiger partial charge >= 0.3 is 0 Å². The molecule has 0 fully saturated rings.